The number of methoxy groups -OCH3 is 1. The number of benzene rings is 3. The second-order valence-electron chi connectivity index (χ2n) is 7.07. The molecule has 28 heavy (non-hydrogen) atoms. The predicted molar refractivity (Wildman–Crippen MR) is 109 cm³/mol. The first-order valence-electron chi connectivity index (χ1n) is 9.36. The van der Waals surface area contributed by atoms with Crippen LogP contribution < -0.4 is 15.4 Å². The normalized spacial score (nSPS) is 20.1. The third-order valence-electron chi connectivity index (χ3n) is 5.55. The molecule has 0 saturated heterocycles. The molecule has 4 nitrogen and oxygen atoms in total. The average molecular weight is 368 g/mol. The average Bonchev–Trinajstić information content (AvgIpc) is 3.08. The fraction of sp³-hybridized carbons (Fsp3) is 0.125. The van der Waals surface area contributed by atoms with Crippen LogP contribution in [0.25, 0.3) is 5.70 Å². The highest BCUT2D eigenvalue weighted by Gasteiger charge is 2.40. The molecule has 2 aliphatic rings. The molecule has 3 aromatic rings. The molecule has 0 spiro atoms. The molecule has 1 heterocycles. The summed E-state index contributed by atoms with van der Waals surface area (Å²) in [6.07, 6.45) is 0. The maximum absolute atomic E-state index is 12.5. The Hall–Kier alpha value is -3.53. The van der Waals surface area contributed by atoms with Crippen LogP contribution in [0.4, 0.5) is 4.79 Å². The van der Waals surface area contributed by atoms with Crippen molar-refractivity contribution in [3.05, 3.63) is 107 Å². The summed E-state index contributed by atoms with van der Waals surface area (Å²) in [5.41, 5.74) is 6.68. The molecule has 5 rings (SSSR count). The van der Waals surface area contributed by atoms with Crippen molar-refractivity contribution in [1.29, 1.82) is 0 Å². The Labute approximate surface area is 163 Å². The third kappa shape index (κ3) is 2.57. The fourth-order valence-electron chi connectivity index (χ4n) is 4.32. The standard InChI is InChI=1S/C24H20N2O2/c1-28-17-13-11-16(12-14-17)22-21-20(15-7-3-2-4-8-15)18-9-5-6-10-19(18)23(21)26-24(27)25-22/h2-14,20,22H,1H3,(H2,25,26,27). The number of ether oxygens (including phenoxy) is 1. The van der Waals surface area contributed by atoms with Crippen molar-refractivity contribution in [2.45, 2.75) is 12.0 Å². The van der Waals surface area contributed by atoms with Gasteiger partial charge in [-0.25, -0.2) is 4.79 Å². The van der Waals surface area contributed by atoms with E-state index in [1.807, 2.05) is 36.4 Å². The van der Waals surface area contributed by atoms with Crippen LogP contribution in [0.3, 0.4) is 0 Å². The molecule has 1 aliphatic carbocycles. The number of amides is 2. The van der Waals surface area contributed by atoms with Gasteiger partial charge in [0.15, 0.2) is 0 Å². The largest absolute Gasteiger partial charge is 0.497 e. The smallest absolute Gasteiger partial charge is 0.320 e. The lowest BCUT2D eigenvalue weighted by Gasteiger charge is -2.31. The number of carbonyl (C=O) groups excluding carboxylic acids is 1. The van der Waals surface area contributed by atoms with Crippen LogP contribution in [0.1, 0.15) is 34.2 Å². The first-order chi connectivity index (χ1) is 13.8. The van der Waals surface area contributed by atoms with Gasteiger partial charge in [-0.3, -0.25) is 0 Å². The van der Waals surface area contributed by atoms with E-state index < -0.39 is 0 Å². The molecule has 2 N–H and O–H groups in total. The molecule has 2 unspecified atom stereocenters. The first-order valence-corrected chi connectivity index (χ1v) is 9.36. The van der Waals surface area contributed by atoms with Crippen LogP contribution >= 0.6 is 0 Å². The summed E-state index contributed by atoms with van der Waals surface area (Å²) in [5, 5.41) is 6.19. The summed E-state index contributed by atoms with van der Waals surface area (Å²) in [6, 6.07) is 26.3. The number of fused-ring (bicyclic) bond motifs is 2. The molecule has 1 aliphatic heterocycles. The molecular formula is C24H20N2O2. The van der Waals surface area contributed by atoms with Crippen molar-refractivity contribution in [2.75, 3.05) is 7.11 Å². The van der Waals surface area contributed by atoms with Crippen molar-refractivity contribution in [3.63, 3.8) is 0 Å². The van der Waals surface area contributed by atoms with Gasteiger partial charge in [0.2, 0.25) is 0 Å². The summed E-state index contributed by atoms with van der Waals surface area (Å²) >= 11 is 0. The highest BCUT2D eigenvalue weighted by molar-refractivity contribution is 5.94. The number of carbonyl (C=O) groups is 1. The van der Waals surface area contributed by atoms with Crippen LogP contribution in [-0.4, -0.2) is 13.1 Å². The monoisotopic (exact) mass is 368 g/mol. The van der Waals surface area contributed by atoms with E-state index >= 15 is 0 Å². The fourth-order valence-corrected chi connectivity index (χ4v) is 4.32. The molecule has 0 aromatic heterocycles. The third-order valence-corrected chi connectivity index (χ3v) is 5.55. The zero-order valence-corrected chi connectivity index (χ0v) is 15.5. The first kappa shape index (κ1) is 16.6. The molecule has 3 aromatic carbocycles. The maximum atomic E-state index is 12.5. The van der Waals surface area contributed by atoms with Gasteiger partial charge in [-0.05, 0) is 34.4 Å². The zero-order chi connectivity index (χ0) is 19.1. The van der Waals surface area contributed by atoms with Gasteiger partial charge in [-0.15, -0.1) is 0 Å². The summed E-state index contributed by atoms with van der Waals surface area (Å²) < 4.78 is 5.29. The zero-order valence-electron chi connectivity index (χ0n) is 15.5. The van der Waals surface area contributed by atoms with E-state index in [1.165, 1.54) is 16.7 Å². The number of rotatable bonds is 3. The second-order valence-corrected chi connectivity index (χ2v) is 7.07. The van der Waals surface area contributed by atoms with Gasteiger partial charge in [0.25, 0.3) is 0 Å². The van der Waals surface area contributed by atoms with Gasteiger partial charge in [0.05, 0.1) is 18.8 Å². The summed E-state index contributed by atoms with van der Waals surface area (Å²) in [6.45, 7) is 0. The maximum Gasteiger partial charge on any atom is 0.320 e. The summed E-state index contributed by atoms with van der Waals surface area (Å²) in [5.74, 6) is 0.889. The van der Waals surface area contributed by atoms with E-state index in [2.05, 4.69) is 53.1 Å². The van der Waals surface area contributed by atoms with Gasteiger partial charge in [0.1, 0.15) is 5.75 Å². The van der Waals surface area contributed by atoms with Crippen molar-refractivity contribution in [2.24, 2.45) is 0 Å². The topological polar surface area (TPSA) is 50.4 Å². The minimum absolute atomic E-state index is 0.0904. The Morgan fingerprint density at radius 1 is 0.821 bits per heavy atom. The molecule has 0 saturated carbocycles. The number of hydrogen-bond donors (Lipinski definition) is 2. The van der Waals surface area contributed by atoms with Crippen molar-refractivity contribution >= 4 is 11.7 Å². The Balaban J connectivity index is 1.70. The van der Waals surface area contributed by atoms with Crippen molar-refractivity contribution in [3.8, 4) is 5.75 Å². The van der Waals surface area contributed by atoms with Gasteiger partial charge in [-0.1, -0.05) is 66.7 Å². The van der Waals surface area contributed by atoms with E-state index in [-0.39, 0.29) is 18.0 Å². The highest BCUT2D eigenvalue weighted by atomic mass is 16.5. The minimum Gasteiger partial charge on any atom is -0.497 e. The lowest BCUT2D eigenvalue weighted by atomic mass is 9.82. The predicted octanol–water partition coefficient (Wildman–Crippen LogP) is 4.61. The summed E-state index contributed by atoms with van der Waals surface area (Å²) in [7, 11) is 1.65. The molecule has 4 heteroatoms. The lowest BCUT2D eigenvalue weighted by molar-refractivity contribution is 0.240. The van der Waals surface area contributed by atoms with Crippen LogP contribution in [0.5, 0.6) is 5.75 Å². The van der Waals surface area contributed by atoms with Crippen molar-refractivity contribution in [1.82, 2.24) is 10.6 Å². The Bertz CT molecular complexity index is 1070. The SMILES string of the molecule is COc1ccc(C2NC(=O)NC3=C2C(c2ccccc2)c2ccccc23)cc1. The van der Waals surface area contributed by atoms with Crippen molar-refractivity contribution < 1.29 is 9.53 Å². The Morgan fingerprint density at radius 2 is 1.54 bits per heavy atom. The molecule has 2 atom stereocenters. The van der Waals surface area contributed by atoms with E-state index in [1.54, 1.807) is 7.11 Å². The molecule has 0 fully saturated rings. The van der Waals surface area contributed by atoms with Gasteiger partial charge in [0, 0.05) is 11.5 Å². The molecule has 0 radical (unpaired) electrons. The van der Waals surface area contributed by atoms with Gasteiger partial charge >= 0.3 is 6.03 Å². The van der Waals surface area contributed by atoms with Crippen LogP contribution in [0.15, 0.2) is 84.4 Å². The molecule has 2 amide bonds. The quantitative estimate of drug-likeness (QED) is 0.709. The second kappa shape index (κ2) is 6.57. The van der Waals surface area contributed by atoms with Gasteiger partial charge < -0.3 is 15.4 Å². The Morgan fingerprint density at radius 3 is 2.29 bits per heavy atom. The lowest BCUT2D eigenvalue weighted by Crippen LogP contribution is -2.43. The van der Waals surface area contributed by atoms with E-state index in [4.69, 9.17) is 4.74 Å². The molecule has 0 bridgehead atoms. The van der Waals surface area contributed by atoms with E-state index in [9.17, 15) is 4.79 Å². The number of urea groups is 1. The van der Waals surface area contributed by atoms with E-state index in [0.29, 0.717) is 0 Å². The Kier molecular flexibility index (Phi) is 3.90. The van der Waals surface area contributed by atoms with E-state index in [0.717, 1.165) is 22.6 Å². The number of nitrogens with one attached hydrogen (secondary N) is 2. The molecule has 138 valence electrons. The molecular weight excluding hydrogens is 348 g/mol. The van der Waals surface area contributed by atoms with Crippen LogP contribution in [0.2, 0.25) is 0 Å². The van der Waals surface area contributed by atoms with Gasteiger partial charge in [-0.2, -0.15) is 0 Å². The number of hydrogen-bond acceptors (Lipinski definition) is 2. The van der Waals surface area contributed by atoms with Crippen LogP contribution in [0, 0.1) is 0 Å². The highest BCUT2D eigenvalue weighted by Crippen LogP contribution is 2.50. The summed E-state index contributed by atoms with van der Waals surface area (Å²) in [4.78, 5) is 12.5. The minimum atomic E-state index is -0.202. The van der Waals surface area contributed by atoms with Crippen LogP contribution in [-0.2, 0) is 0 Å².